The molecular formula is C30H46O3. The Morgan fingerprint density at radius 2 is 1.67 bits per heavy atom. The Labute approximate surface area is 201 Å². The topological polar surface area (TPSA) is 46.5 Å². The number of rotatable bonds is 0. The lowest BCUT2D eigenvalue weighted by atomic mass is 9.33. The number of aliphatic hydroxyl groups is 1. The highest BCUT2D eigenvalue weighted by Gasteiger charge is 2.73. The first-order valence-electron chi connectivity index (χ1n) is 13.8. The summed E-state index contributed by atoms with van der Waals surface area (Å²) >= 11 is 0. The van der Waals surface area contributed by atoms with Gasteiger partial charge in [0.25, 0.3) is 0 Å². The number of carbonyl (C=O) groups excluding carboxylic acids is 1. The molecule has 5 aliphatic carbocycles. The summed E-state index contributed by atoms with van der Waals surface area (Å²) in [5.74, 6) is 1.38. The molecule has 2 bridgehead atoms. The number of aliphatic hydroxyl groups excluding tert-OH is 1. The summed E-state index contributed by atoms with van der Waals surface area (Å²) in [7, 11) is 0. The van der Waals surface area contributed by atoms with Crippen molar-refractivity contribution >= 4 is 5.97 Å². The summed E-state index contributed by atoms with van der Waals surface area (Å²) in [5.41, 5.74) is 1.62. The summed E-state index contributed by atoms with van der Waals surface area (Å²) in [5, 5.41) is 11.8. The van der Waals surface area contributed by atoms with E-state index in [2.05, 4.69) is 54.5 Å². The van der Waals surface area contributed by atoms with Gasteiger partial charge in [-0.25, -0.2) is 0 Å². The SMILES string of the molecule is CC1(C)CCC[C@@]2(C)C1CC[C@]1(C)[C@@H]2CC=C2[C@H]3C(O)C(C)(C)C4C[C@@]3(CC[C@]21C)C(=O)O4. The minimum absolute atomic E-state index is 0.0259. The van der Waals surface area contributed by atoms with Crippen LogP contribution in [0.3, 0.4) is 0 Å². The lowest BCUT2D eigenvalue weighted by Crippen LogP contribution is -2.65. The first kappa shape index (κ1) is 22.6. The monoisotopic (exact) mass is 454 g/mol. The molecule has 3 unspecified atom stereocenters. The van der Waals surface area contributed by atoms with Crippen molar-refractivity contribution in [2.75, 3.05) is 0 Å². The number of hydrogen-bond acceptors (Lipinski definition) is 3. The largest absolute Gasteiger partial charge is 0.461 e. The van der Waals surface area contributed by atoms with Crippen LogP contribution in [0.2, 0.25) is 0 Å². The van der Waals surface area contributed by atoms with Gasteiger partial charge >= 0.3 is 5.97 Å². The van der Waals surface area contributed by atoms with E-state index >= 15 is 0 Å². The maximum absolute atomic E-state index is 13.3. The predicted octanol–water partition coefficient (Wildman–Crippen LogP) is 6.68. The van der Waals surface area contributed by atoms with Crippen molar-refractivity contribution in [2.45, 2.75) is 118 Å². The highest BCUT2D eigenvalue weighted by atomic mass is 16.6. The van der Waals surface area contributed by atoms with E-state index in [4.69, 9.17) is 4.74 Å². The number of esters is 1. The Morgan fingerprint density at radius 3 is 2.39 bits per heavy atom. The van der Waals surface area contributed by atoms with E-state index in [0.717, 1.165) is 31.6 Å². The molecule has 6 aliphatic rings. The summed E-state index contributed by atoms with van der Waals surface area (Å²) < 4.78 is 5.96. The van der Waals surface area contributed by atoms with Crippen LogP contribution in [0.1, 0.15) is 106 Å². The maximum atomic E-state index is 13.3. The molecule has 33 heavy (non-hydrogen) atoms. The molecule has 3 heteroatoms. The van der Waals surface area contributed by atoms with Crippen LogP contribution in [0.4, 0.5) is 0 Å². The van der Waals surface area contributed by atoms with E-state index < -0.39 is 16.9 Å². The van der Waals surface area contributed by atoms with Crippen LogP contribution < -0.4 is 0 Å². The van der Waals surface area contributed by atoms with Crippen molar-refractivity contribution in [3.05, 3.63) is 11.6 Å². The Hall–Kier alpha value is -0.830. The molecular weight excluding hydrogens is 408 g/mol. The lowest BCUT2D eigenvalue weighted by Gasteiger charge is -2.70. The highest BCUT2D eigenvalue weighted by molar-refractivity contribution is 5.81. The molecule has 3 nitrogen and oxygen atoms in total. The second-order valence-electron chi connectivity index (χ2n) is 15.1. The van der Waals surface area contributed by atoms with Crippen molar-refractivity contribution in [3.63, 3.8) is 0 Å². The predicted molar refractivity (Wildman–Crippen MR) is 130 cm³/mol. The van der Waals surface area contributed by atoms with Crippen molar-refractivity contribution in [3.8, 4) is 0 Å². The Morgan fingerprint density at radius 1 is 0.939 bits per heavy atom. The number of hydrogen-bond donors (Lipinski definition) is 1. The second-order valence-corrected chi connectivity index (χ2v) is 15.1. The molecule has 0 aromatic heterocycles. The van der Waals surface area contributed by atoms with E-state index in [0.29, 0.717) is 16.7 Å². The van der Waals surface area contributed by atoms with Gasteiger partial charge in [0.05, 0.1) is 11.5 Å². The normalized spacial score (nSPS) is 55.9. The molecule has 0 aromatic rings. The van der Waals surface area contributed by atoms with Gasteiger partial charge in [0.15, 0.2) is 0 Å². The van der Waals surface area contributed by atoms with Crippen molar-refractivity contribution in [1.29, 1.82) is 0 Å². The van der Waals surface area contributed by atoms with Gasteiger partial charge < -0.3 is 9.84 Å². The third-order valence-corrected chi connectivity index (χ3v) is 13.4. The van der Waals surface area contributed by atoms with Gasteiger partial charge in [-0.15, -0.1) is 0 Å². The van der Waals surface area contributed by atoms with E-state index in [1.54, 1.807) is 0 Å². The van der Waals surface area contributed by atoms with Crippen molar-refractivity contribution in [2.24, 2.45) is 50.2 Å². The summed E-state index contributed by atoms with van der Waals surface area (Å²) in [4.78, 5) is 13.3. The first-order valence-corrected chi connectivity index (χ1v) is 13.8. The molecule has 5 fully saturated rings. The van der Waals surface area contributed by atoms with E-state index in [-0.39, 0.29) is 28.8 Å². The molecule has 1 aliphatic heterocycles. The zero-order valence-corrected chi connectivity index (χ0v) is 22.1. The fourth-order valence-corrected chi connectivity index (χ4v) is 11.1. The Bertz CT molecular complexity index is 931. The van der Waals surface area contributed by atoms with Crippen LogP contribution in [-0.2, 0) is 9.53 Å². The van der Waals surface area contributed by atoms with Gasteiger partial charge in [-0.1, -0.05) is 66.5 Å². The number of carbonyl (C=O) groups is 1. The molecule has 0 radical (unpaired) electrons. The quantitative estimate of drug-likeness (QED) is 0.328. The average molecular weight is 455 g/mol. The number of ether oxygens (including phenoxy) is 1. The van der Waals surface area contributed by atoms with Gasteiger partial charge in [0.1, 0.15) is 6.10 Å². The molecule has 1 spiro atoms. The molecule has 1 saturated heterocycles. The van der Waals surface area contributed by atoms with Crippen LogP contribution in [0.5, 0.6) is 0 Å². The standard InChI is InChI=1S/C30H46O3/c1-25(2)12-8-13-27(5)19(25)11-14-29(7)20(27)10-9-18-22-23(31)26(3,4)21-17-30(22,24(32)33-21)16-15-28(18,29)6/h9,19-23,31H,8,10-17H2,1-7H3/t19?,20-,21?,22+,23?,27+,28-,29-,30-/m1/s1. The molecule has 0 amide bonds. The van der Waals surface area contributed by atoms with Crippen molar-refractivity contribution < 1.29 is 14.6 Å². The zero-order valence-electron chi connectivity index (χ0n) is 22.1. The molecule has 1 N–H and O–H groups in total. The van der Waals surface area contributed by atoms with Crippen LogP contribution >= 0.6 is 0 Å². The van der Waals surface area contributed by atoms with E-state index in [1.807, 2.05) is 0 Å². The van der Waals surface area contributed by atoms with Crippen LogP contribution in [0.15, 0.2) is 11.6 Å². The second kappa shape index (κ2) is 6.29. The number of allylic oxidation sites excluding steroid dienone is 1. The Kier molecular flexibility index (Phi) is 4.31. The molecule has 184 valence electrons. The van der Waals surface area contributed by atoms with Crippen molar-refractivity contribution in [1.82, 2.24) is 0 Å². The molecule has 6 rings (SSSR count). The fraction of sp³-hybridized carbons (Fsp3) is 0.900. The minimum Gasteiger partial charge on any atom is -0.461 e. The lowest BCUT2D eigenvalue weighted by molar-refractivity contribution is -0.188. The van der Waals surface area contributed by atoms with Gasteiger partial charge in [-0.2, -0.15) is 0 Å². The van der Waals surface area contributed by atoms with Gasteiger partial charge in [-0.05, 0) is 78.4 Å². The Balaban J connectivity index is 1.47. The summed E-state index contributed by atoms with van der Waals surface area (Å²) in [6, 6.07) is 0. The maximum Gasteiger partial charge on any atom is 0.313 e. The number of fused-ring (bicyclic) bond motifs is 7. The van der Waals surface area contributed by atoms with Crippen LogP contribution in [0.25, 0.3) is 0 Å². The van der Waals surface area contributed by atoms with E-state index in [1.165, 1.54) is 37.7 Å². The average Bonchev–Trinajstić information content (AvgIpc) is 3.03. The molecule has 9 atom stereocenters. The van der Waals surface area contributed by atoms with Crippen LogP contribution in [0, 0.1) is 50.2 Å². The minimum atomic E-state index is -0.519. The van der Waals surface area contributed by atoms with Gasteiger partial charge in [-0.3, -0.25) is 4.79 Å². The zero-order chi connectivity index (χ0) is 23.8. The summed E-state index contributed by atoms with van der Waals surface area (Å²) in [6.07, 6.45) is 12.4. The summed E-state index contributed by atoms with van der Waals surface area (Å²) in [6.45, 7) is 17.0. The van der Waals surface area contributed by atoms with Gasteiger partial charge in [0.2, 0.25) is 0 Å². The highest BCUT2D eigenvalue weighted by Crippen LogP contribution is 2.76. The smallest absolute Gasteiger partial charge is 0.313 e. The fourth-order valence-electron chi connectivity index (χ4n) is 11.1. The van der Waals surface area contributed by atoms with E-state index in [9.17, 15) is 9.90 Å². The molecule has 4 saturated carbocycles. The third-order valence-electron chi connectivity index (χ3n) is 13.4. The molecule has 0 aromatic carbocycles. The molecule has 1 heterocycles. The first-order chi connectivity index (χ1) is 15.2. The van der Waals surface area contributed by atoms with Crippen LogP contribution in [-0.4, -0.2) is 23.3 Å². The third kappa shape index (κ3) is 2.40. The van der Waals surface area contributed by atoms with Gasteiger partial charge in [0, 0.05) is 17.8 Å².